The summed E-state index contributed by atoms with van der Waals surface area (Å²) < 4.78 is 32.7. The number of fused-ring (bicyclic) bond motifs is 1. The monoisotopic (exact) mass is 446 g/mol. The molecule has 1 amide bonds. The summed E-state index contributed by atoms with van der Waals surface area (Å²) in [6.07, 6.45) is 0.774. The van der Waals surface area contributed by atoms with Gasteiger partial charge in [-0.1, -0.05) is 16.6 Å². The molecule has 0 unspecified atom stereocenters. The molecular formula is C21H26N4O5S. The van der Waals surface area contributed by atoms with E-state index in [9.17, 15) is 13.2 Å². The second-order valence-corrected chi connectivity index (χ2v) is 8.64. The summed E-state index contributed by atoms with van der Waals surface area (Å²) in [5.41, 5.74) is 2.00. The van der Waals surface area contributed by atoms with Gasteiger partial charge < -0.3 is 9.30 Å². The zero-order chi connectivity index (χ0) is 22.4. The fourth-order valence-corrected chi connectivity index (χ4v) is 4.04. The van der Waals surface area contributed by atoms with Gasteiger partial charge in [-0.15, -0.1) is 0 Å². The van der Waals surface area contributed by atoms with Crippen molar-refractivity contribution < 1.29 is 22.8 Å². The number of nitrogens with zero attached hydrogens (tertiary/aromatic N) is 3. The van der Waals surface area contributed by atoms with E-state index in [-0.39, 0.29) is 10.8 Å². The summed E-state index contributed by atoms with van der Waals surface area (Å²) in [6, 6.07) is 13.3. The van der Waals surface area contributed by atoms with Crippen LogP contribution in [0.3, 0.4) is 0 Å². The predicted octanol–water partition coefficient (Wildman–Crippen LogP) is 2.90. The summed E-state index contributed by atoms with van der Waals surface area (Å²) in [7, 11) is -1.22. The number of anilines is 1. The first-order chi connectivity index (χ1) is 14.9. The second-order valence-electron chi connectivity index (χ2n) is 6.70. The molecule has 2 aromatic carbocycles. The molecule has 0 aliphatic carbocycles. The average molecular weight is 447 g/mol. The van der Waals surface area contributed by atoms with Gasteiger partial charge in [0.2, 0.25) is 5.95 Å². The molecular weight excluding hydrogens is 420 g/mol. The number of hydrogen-bond donors (Lipinski definition) is 1. The molecule has 0 spiro atoms. The van der Waals surface area contributed by atoms with Crippen molar-refractivity contribution in [3.63, 3.8) is 0 Å². The molecule has 9 nitrogen and oxygen atoms in total. The number of aryl methyl sites for hydroxylation is 1. The van der Waals surface area contributed by atoms with Crippen LogP contribution >= 0.6 is 0 Å². The van der Waals surface area contributed by atoms with Crippen LogP contribution in [-0.2, 0) is 26.1 Å². The van der Waals surface area contributed by atoms with Gasteiger partial charge in [-0.05, 0) is 49.7 Å². The first-order valence-electron chi connectivity index (χ1n) is 9.86. The highest BCUT2D eigenvalue weighted by atomic mass is 32.2. The number of rotatable bonds is 10. The summed E-state index contributed by atoms with van der Waals surface area (Å²) in [4.78, 5) is 22.1. The lowest BCUT2D eigenvalue weighted by Gasteiger charge is -2.14. The normalized spacial score (nSPS) is 11.9. The van der Waals surface area contributed by atoms with E-state index in [1.54, 1.807) is 0 Å². The number of aromatic nitrogens is 2. The Morgan fingerprint density at radius 1 is 1.16 bits per heavy atom. The van der Waals surface area contributed by atoms with Crippen LogP contribution in [0.5, 0.6) is 0 Å². The number of para-hydroxylation sites is 2. The molecule has 0 bridgehead atoms. The van der Waals surface area contributed by atoms with Crippen LogP contribution < -0.4 is 5.32 Å². The molecule has 0 radical (unpaired) electrons. The molecule has 0 fully saturated rings. The number of sulfonamides is 1. The molecule has 10 heteroatoms. The quantitative estimate of drug-likeness (QED) is 0.379. The van der Waals surface area contributed by atoms with Gasteiger partial charge in [0.25, 0.3) is 15.9 Å². The Morgan fingerprint density at radius 3 is 2.55 bits per heavy atom. The maximum Gasteiger partial charge on any atom is 0.264 e. The van der Waals surface area contributed by atoms with E-state index in [1.165, 1.54) is 38.4 Å². The third-order valence-corrected chi connectivity index (χ3v) is 6.46. The SMILES string of the molecule is CCOCCCn1c(NC(=O)c2ccc(S(=O)(=O)N(C)OC)cc2)nc2ccccc21. The van der Waals surface area contributed by atoms with Crippen molar-refractivity contribution in [2.45, 2.75) is 24.8 Å². The molecule has 1 N–H and O–H groups in total. The third-order valence-electron chi connectivity index (χ3n) is 4.76. The largest absolute Gasteiger partial charge is 0.382 e. The molecule has 31 heavy (non-hydrogen) atoms. The summed E-state index contributed by atoms with van der Waals surface area (Å²) >= 11 is 0. The van der Waals surface area contributed by atoms with Crippen molar-refractivity contribution in [2.75, 3.05) is 32.7 Å². The smallest absolute Gasteiger partial charge is 0.264 e. The number of nitrogens with one attached hydrogen (secondary N) is 1. The van der Waals surface area contributed by atoms with Crippen molar-refractivity contribution in [3.8, 4) is 0 Å². The Morgan fingerprint density at radius 2 is 1.87 bits per heavy atom. The Hall–Kier alpha value is -2.79. The van der Waals surface area contributed by atoms with Gasteiger partial charge in [-0.2, -0.15) is 0 Å². The lowest BCUT2D eigenvalue weighted by atomic mass is 10.2. The van der Waals surface area contributed by atoms with Crippen LogP contribution in [0, 0.1) is 0 Å². The van der Waals surface area contributed by atoms with Gasteiger partial charge in [0, 0.05) is 32.4 Å². The predicted molar refractivity (Wildman–Crippen MR) is 117 cm³/mol. The zero-order valence-electron chi connectivity index (χ0n) is 17.7. The van der Waals surface area contributed by atoms with Gasteiger partial charge in [0.1, 0.15) is 0 Å². The molecule has 0 atom stereocenters. The molecule has 0 aliphatic rings. The van der Waals surface area contributed by atoms with Gasteiger partial charge in [-0.25, -0.2) is 13.4 Å². The Labute approximate surface area is 181 Å². The summed E-state index contributed by atoms with van der Waals surface area (Å²) in [6.45, 7) is 3.85. The van der Waals surface area contributed by atoms with E-state index >= 15 is 0 Å². The number of benzene rings is 2. The number of ether oxygens (including phenoxy) is 1. The van der Waals surface area contributed by atoms with Crippen LogP contribution in [-0.4, -0.2) is 55.7 Å². The minimum Gasteiger partial charge on any atom is -0.382 e. The van der Waals surface area contributed by atoms with Gasteiger partial charge in [-0.3, -0.25) is 14.9 Å². The molecule has 1 aromatic heterocycles. The van der Waals surface area contributed by atoms with Gasteiger partial charge >= 0.3 is 0 Å². The van der Waals surface area contributed by atoms with Crippen molar-refractivity contribution >= 4 is 32.9 Å². The topological polar surface area (TPSA) is 103 Å². The molecule has 0 saturated carbocycles. The highest BCUT2D eigenvalue weighted by Crippen LogP contribution is 2.21. The van der Waals surface area contributed by atoms with E-state index in [0.717, 1.165) is 21.9 Å². The molecule has 166 valence electrons. The minimum atomic E-state index is -3.78. The minimum absolute atomic E-state index is 0.0246. The van der Waals surface area contributed by atoms with Crippen molar-refractivity contribution in [1.82, 2.24) is 14.0 Å². The third kappa shape index (κ3) is 5.10. The Kier molecular flexibility index (Phi) is 7.39. The van der Waals surface area contributed by atoms with Crippen molar-refractivity contribution in [2.24, 2.45) is 0 Å². The maximum atomic E-state index is 12.8. The number of carbonyl (C=O) groups is 1. The van der Waals surface area contributed by atoms with Crippen molar-refractivity contribution in [1.29, 1.82) is 0 Å². The Balaban J connectivity index is 1.81. The van der Waals surface area contributed by atoms with Gasteiger partial charge in [0.05, 0.1) is 23.0 Å². The zero-order valence-corrected chi connectivity index (χ0v) is 18.6. The van der Waals surface area contributed by atoms with Crippen LogP contribution in [0.2, 0.25) is 0 Å². The molecule has 0 saturated heterocycles. The molecule has 3 aromatic rings. The lowest BCUT2D eigenvalue weighted by molar-refractivity contribution is -0.0258. The van der Waals surface area contributed by atoms with Gasteiger partial charge in [0.15, 0.2) is 0 Å². The standard InChI is InChI=1S/C21H26N4O5S/c1-4-30-15-7-14-25-19-9-6-5-8-18(19)22-21(25)23-20(26)16-10-12-17(13-11-16)31(27,28)24(2)29-3/h5-6,8-13H,4,7,14-15H2,1-3H3,(H,22,23,26). The first-order valence-corrected chi connectivity index (χ1v) is 11.3. The maximum absolute atomic E-state index is 12.8. The van der Waals surface area contributed by atoms with Crippen LogP contribution in [0.1, 0.15) is 23.7 Å². The summed E-state index contributed by atoms with van der Waals surface area (Å²) in [5, 5.41) is 2.84. The number of carbonyl (C=O) groups excluding carboxylic acids is 1. The van der Waals surface area contributed by atoms with Crippen LogP contribution in [0.25, 0.3) is 11.0 Å². The van der Waals surface area contributed by atoms with Crippen LogP contribution in [0.4, 0.5) is 5.95 Å². The fourth-order valence-electron chi connectivity index (χ4n) is 3.06. The van der Waals surface area contributed by atoms with E-state index in [4.69, 9.17) is 9.57 Å². The lowest BCUT2D eigenvalue weighted by Crippen LogP contribution is -2.25. The Bertz CT molecular complexity index is 1140. The average Bonchev–Trinajstić information content (AvgIpc) is 3.13. The number of hydroxylamine groups is 1. The highest BCUT2D eigenvalue weighted by molar-refractivity contribution is 7.89. The first kappa shape index (κ1) is 22.9. The van der Waals surface area contributed by atoms with E-state index in [1.807, 2.05) is 35.8 Å². The summed E-state index contributed by atoms with van der Waals surface area (Å²) in [5.74, 6) is 0.0453. The molecule has 1 heterocycles. The molecule has 0 aliphatic heterocycles. The number of imidazole rings is 1. The van der Waals surface area contributed by atoms with Crippen molar-refractivity contribution in [3.05, 3.63) is 54.1 Å². The van der Waals surface area contributed by atoms with E-state index in [2.05, 4.69) is 10.3 Å². The van der Waals surface area contributed by atoms with E-state index in [0.29, 0.717) is 31.3 Å². The second kappa shape index (κ2) is 10.0. The van der Waals surface area contributed by atoms with Crippen LogP contribution in [0.15, 0.2) is 53.4 Å². The highest BCUT2D eigenvalue weighted by Gasteiger charge is 2.21. The van der Waals surface area contributed by atoms with E-state index < -0.39 is 10.0 Å². The molecule has 3 rings (SSSR count). The fraction of sp³-hybridized carbons (Fsp3) is 0.333. The number of hydrogen-bond acceptors (Lipinski definition) is 6. The number of amides is 1.